The van der Waals surface area contributed by atoms with Gasteiger partial charge >= 0.3 is 23.9 Å². The summed E-state index contributed by atoms with van der Waals surface area (Å²) < 4.78 is 26.2. The lowest BCUT2D eigenvalue weighted by molar-refractivity contribution is -0.165. The normalized spacial score (nSPS) is 23.6. The number of carbonyl (C=O) groups excluding carboxylic acids is 4. The Morgan fingerprint density at radius 1 is 1.04 bits per heavy atom. The third-order valence-corrected chi connectivity index (χ3v) is 3.88. The summed E-state index contributed by atoms with van der Waals surface area (Å²) in [6.07, 6.45) is -2.74. The molecule has 0 bridgehead atoms. The van der Waals surface area contributed by atoms with Crippen molar-refractivity contribution in [1.82, 2.24) is 4.98 Å². The molecule has 0 amide bonds. The molecule has 1 aromatic rings. The number of ether oxygens (including phenoxy) is 5. The minimum atomic E-state index is -1.11. The molecule has 0 spiro atoms. The molecular formula is C18H21NO9. The van der Waals surface area contributed by atoms with E-state index in [1.807, 2.05) is 0 Å². The Morgan fingerprint density at radius 3 is 2.25 bits per heavy atom. The number of esters is 4. The van der Waals surface area contributed by atoms with E-state index in [-0.39, 0.29) is 17.9 Å². The van der Waals surface area contributed by atoms with Crippen molar-refractivity contribution in [1.29, 1.82) is 0 Å². The van der Waals surface area contributed by atoms with Gasteiger partial charge < -0.3 is 23.7 Å². The van der Waals surface area contributed by atoms with Gasteiger partial charge in [-0.15, -0.1) is 0 Å². The van der Waals surface area contributed by atoms with Gasteiger partial charge in [-0.05, 0) is 12.1 Å². The van der Waals surface area contributed by atoms with E-state index in [1.165, 1.54) is 46.2 Å². The van der Waals surface area contributed by atoms with Gasteiger partial charge in [0.05, 0.1) is 18.4 Å². The standard InChI is InChI=1S/C18H21NO9/c1-9(20)25-8-13-15(26-10(2)21)17(27-11(3)22)16(28-13)14-12(18(23)24-4)6-5-7-19-14/h5-7,13,15-17H,8H2,1-4H3. The lowest BCUT2D eigenvalue weighted by atomic mass is 10.0. The topological polar surface area (TPSA) is 127 Å². The zero-order valence-electron chi connectivity index (χ0n) is 15.9. The van der Waals surface area contributed by atoms with Crippen LogP contribution in [0.25, 0.3) is 0 Å². The summed E-state index contributed by atoms with van der Waals surface area (Å²) in [5, 5.41) is 0. The molecule has 10 heteroatoms. The fourth-order valence-corrected chi connectivity index (χ4v) is 2.86. The van der Waals surface area contributed by atoms with Crippen LogP contribution in [0.3, 0.4) is 0 Å². The molecule has 1 saturated heterocycles. The van der Waals surface area contributed by atoms with E-state index in [1.54, 1.807) is 0 Å². The van der Waals surface area contributed by atoms with E-state index in [0.29, 0.717) is 0 Å². The van der Waals surface area contributed by atoms with Crippen LogP contribution < -0.4 is 0 Å². The quantitative estimate of drug-likeness (QED) is 0.502. The van der Waals surface area contributed by atoms with Crippen molar-refractivity contribution >= 4 is 23.9 Å². The van der Waals surface area contributed by atoms with Crippen LogP contribution in [-0.4, -0.2) is 60.9 Å². The molecule has 2 rings (SSSR count). The molecule has 2 heterocycles. The van der Waals surface area contributed by atoms with Crippen molar-refractivity contribution in [2.45, 2.75) is 45.2 Å². The van der Waals surface area contributed by atoms with Crippen LogP contribution in [0.2, 0.25) is 0 Å². The smallest absolute Gasteiger partial charge is 0.339 e. The summed E-state index contributed by atoms with van der Waals surface area (Å²) in [6, 6.07) is 3.01. The molecule has 0 N–H and O–H groups in total. The van der Waals surface area contributed by atoms with Gasteiger partial charge in [-0.3, -0.25) is 19.4 Å². The maximum absolute atomic E-state index is 12.1. The van der Waals surface area contributed by atoms with E-state index in [9.17, 15) is 19.2 Å². The van der Waals surface area contributed by atoms with Crippen LogP contribution in [0.15, 0.2) is 18.3 Å². The number of nitrogens with zero attached hydrogens (tertiary/aromatic N) is 1. The van der Waals surface area contributed by atoms with E-state index < -0.39 is 48.3 Å². The number of pyridine rings is 1. The van der Waals surface area contributed by atoms with Gasteiger partial charge in [-0.25, -0.2) is 4.79 Å². The van der Waals surface area contributed by atoms with E-state index in [0.717, 1.165) is 0 Å². The Morgan fingerprint density at radius 2 is 1.68 bits per heavy atom. The molecule has 1 aromatic heterocycles. The molecule has 1 aliphatic rings. The monoisotopic (exact) mass is 395 g/mol. The zero-order valence-corrected chi connectivity index (χ0v) is 15.9. The molecule has 4 atom stereocenters. The third kappa shape index (κ3) is 5.03. The molecule has 1 aliphatic heterocycles. The lowest BCUT2D eigenvalue weighted by Gasteiger charge is -2.23. The van der Waals surface area contributed by atoms with Crippen molar-refractivity contribution in [2.75, 3.05) is 13.7 Å². The van der Waals surface area contributed by atoms with E-state index in [2.05, 4.69) is 4.98 Å². The minimum absolute atomic E-state index is 0.0989. The molecule has 0 aliphatic carbocycles. The minimum Gasteiger partial charge on any atom is -0.465 e. The van der Waals surface area contributed by atoms with Gasteiger partial charge in [0.2, 0.25) is 0 Å². The molecule has 0 aromatic carbocycles. The number of rotatable bonds is 6. The SMILES string of the molecule is COC(=O)c1cccnc1C1OC(COC(C)=O)C(OC(C)=O)C1OC(C)=O. The average Bonchev–Trinajstić information content (AvgIpc) is 2.95. The second-order valence-electron chi connectivity index (χ2n) is 5.97. The van der Waals surface area contributed by atoms with Crippen molar-refractivity contribution in [3.63, 3.8) is 0 Å². The first kappa shape index (κ1) is 21.3. The Labute approximate surface area is 161 Å². The number of hydrogen-bond acceptors (Lipinski definition) is 10. The summed E-state index contributed by atoms with van der Waals surface area (Å²) in [5.74, 6) is -2.53. The van der Waals surface area contributed by atoms with Crippen LogP contribution >= 0.6 is 0 Å². The van der Waals surface area contributed by atoms with Crippen molar-refractivity contribution in [3.05, 3.63) is 29.6 Å². The summed E-state index contributed by atoms with van der Waals surface area (Å²) in [4.78, 5) is 50.6. The second kappa shape index (κ2) is 9.27. The fourth-order valence-electron chi connectivity index (χ4n) is 2.86. The van der Waals surface area contributed by atoms with Crippen LogP contribution in [0.1, 0.15) is 42.9 Å². The highest BCUT2D eigenvalue weighted by atomic mass is 16.6. The van der Waals surface area contributed by atoms with E-state index >= 15 is 0 Å². The Hall–Kier alpha value is -3.01. The van der Waals surface area contributed by atoms with Gasteiger partial charge in [-0.2, -0.15) is 0 Å². The lowest BCUT2D eigenvalue weighted by Crippen LogP contribution is -2.40. The molecule has 28 heavy (non-hydrogen) atoms. The third-order valence-electron chi connectivity index (χ3n) is 3.88. The van der Waals surface area contributed by atoms with E-state index in [4.69, 9.17) is 23.7 Å². The van der Waals surface area contributed by atoms with Crippen LogP contribution in [0.5, 0.6) is 0 Å². The number of aromatic nitrogens is 1. The van der Waals surface area contributed by atoms with Gasteiger partial charge in [0, 0.05) is 27.0 Å². The fraction of sp³-hybridized carbons (Fsp3) is 0.500. The Kier molecular flexibility index (Phi) is 7.05. The summed E-state index contributed by atoms with van der Waals surface area (Å²) >= 11 is 0. The summed E-state index contributed by atoms with van der Waals surface area (Å²) in [6.45, 7) is 3.33. The largest absolute Gasteiger partial charge is 0.465 e. The van der Waals surface area contributed by atoms with Crippen molar-refractivity contribution < 1.29 is 42.9 Å². The first-order valence-corrected chi connectivity index (χ1v) is 8.41. The highest BCUT2D eigenvalue weighted by Crippen LogP contribution is 2.38. The van der Waals surface area contributed by atoms with Gasteiger partial charge in [0.15, 0.2) is 12.2 Å². The Balaban J connectivity index is 2.46. The average molecular weight is 395 g/mol. The van der Waals surface area contributed by atoms with Crippen molar-refractivity contribution in [3.8, 4) is 0 Å². The first-order valence-electron chi connectivity index (χ1n) is 8.41. The molecule has 1 fully saturated rings. The molecule has 152 valence electrons. The maximum atomic E-state index is 12.1. The first-order chi connectivity index (χ1) is 13.2. The highest BCUT2D eigenvalue weighted by Gasteiger charge is 2.51. The number of carbonyl (C=O) groups is 4. The predicted molar refractivity (Wildman–Crippen MR) is 90.9 cm³/mol. The van der Waals surface area contributed by atoms with Crippen LogP contribution in [-0.2, 0) is 38.1 Å². The van der Waals surface area contributed by atoms with Crippen LogP contribution in [0, 0.1) is 0 Å². The van der Waals surface area contributed by atoms with Gasteiger partial charge in [0.25, 0.3) is 0 Å². The highest BCUT2D eigenvalue weighted by molar-refractivity contribution is 5.90. The second-order valence-corrected chi connectivity index (χ2v) is 5.97. The van der Waals surface area contributed by atoms with Crippen molar-refractivity contribution in [2.24, 2.45) is 0 Å². The molecule has 0 saturated carbocycles. The molecule has 0 radical (unpaired) electrons. The van der Waals surface area contributed by atoms with Gasteiger partial charge in [-0.1, -0.05) is 0 Å². The molecule has 4 unspecified atom stereocenters. The summed E-state index contributed by atoms with van der Waals surface area (Å²) in [7, 11) is 1.21. The predicted octanol–water partition coefficient (Wildman–Crippen LogP) is 0.735. The Bertz CT molecular complexity index is 763. The van der Waals surface area contributed by atoms with Crippen LogP contribution in [0.4, 0.5) is 0 Å². The maximum Gasteiger partial charge on any atom is 0.339 e. The summed E-state index contributed by atoms with van der Waals surface area (Å²) in [5.41, 5.74) is 0.241. The zero-order chi connectivity index (χ0) is 20.8. The number of methoxy groups -OCH3 is 1. The van der Waals surface area contributed by atoms with Gasteiger partial charge in [0.1, 0.15) is 18.8 Å². The molecule has 10 nitrogen and oxygen atoms in total. The number of hydrogen-bond donors (Lipinski definition) is 0. The molecular weight excluding hydrogens is 374 g/mol.